The van der Waals surface area contributed by atoms with Crippen molar-refractivity contribution in [2.45, 2.75) is 24.1 Å². The molecule has 0 spiro atoms. The van der Waals surface area contributed by atoms with Crippen LogP contribution in [0.3, 0.4) is 0 Å². The average molecular weight is 478 g/mol. The topological polar surface area (TPSA) is 137 Å². The van der Waals surface area contributed by atoms with Crippen LogP contribution in [-0.4, -0.2) is 67.3 Å². The standard InChI is InChI=1S/C20H20BrN3O6/c21-12-6-7-14-13(8-12)19(28)24(18(23-14)11-4-2-1-3-5-11)22-10-20(29)17(27)16(26)15(25)9-30-20/h1-8,15-17,22,25-27,29H,9-10H2/t15-,16-,17+,20+/m1/s1. The lowest BCUT2D eigenvalue weighted by molar-refractivity contribution is -0.314. The monoisotopic (exact) mass is 477 g/mol. The first-order valence-electron chi connectivity index (χ1n) is 9.22. The van der Waals surface area contributed by atoms with E-state index in [1.165, 1.54) is 0 Å². The third-order valence-corrected chi connectivity index (χ3v) is 5.53. The van der Waals surface area contributed by atoms with E-state index in [1.807, 2.05) is 6.07 Å². The van der Waals surface area contributed by atoms with Crippen LogP contribution < -0.4 is 11.0 Å². The largest absolute Gasteiger partial charge is 0.388 e. The third kappa shape index (κ3) is 3.73. The van der Waals surface area contributed by atoms with Gasteiger partial charge in [-0.1, -0.05) is 46.3 Å². The summed E-state index contributed by atoms with van der Waals surface area (Å²) in [6.07, 6.45) is -4.71. The molecule has 0 saturated carbocycles. The van der Waals surface area contributed by atoms with Crippen molar-refractivity contribution in [3.8, 4) is 11.4 Å². The van der Waals surface area contributed by atoms with Gasteiger partial charge in [0.25, 0.3) is 5.56 Å². The number of nitrogens with one attached hydrogen (secondary N) is 1. The minimum atomic E-state index is -2.22. The van der Waals surface area contributed by atoms with E-state index in [2.05, 4.69) is 26.3 Å². The van der Waals surface area contributed by atoms with Gasteiger partial charge in [-0.15, -0.1) is 0 Å². The summed E-state index contributed by atoms with van der Waals surface area (Å²) in [4.78, 5) is 17.8. The number of hydrogen-bond acceptors (Lipinski definition) is 8. The Morgan fingerprint density at radius 3 is 2.67 bits per heavy atom. The van der Waals surface area contributed by atoms with Crippen molar-refractivity contribution in [3.63, 3.8) is 0 Å². The predicted octanol–water partition coefficient (Wildman–Crippen LogP) is 0.171. The van der Waals surface area contributed by atoms with Crippen LogP contribution in [0.5, 0.6) is 0 Å². The third-order valence-electron chi connectivity index (χ3n) is 5.04. The van der Waals surface area contributed by atoms with Gasteiger partial charge in [0.15, 0.2) is 5.82 Å². The summed E-state index contributed by atoms with van der Waals surface area (Å²) < 4.78 is 7.03. The Bertz CT molecular complexity index is 1120. The molecule has 1 aromatic heterocycles. The quantitative estimate of drug-likeness (QED) is 0.358. The first-order chi connectivity index (χ1) is 14.3. The van der Waals surface area contributed by atoms with Gasteiger partial charge in [-0.3, -0.25) is 4.79 Å². The molecule has 10 heteroatoms. The second-order valence-corrected chi connectivity index (χ2v) is 8.01. The average Bonchev–Trinajstić information content (AvgIpc) is 2.75. The highest BCUT2D eigenvalue weighted by atomic mass is 79.9. The highest BCUT2D eigenvalue weighted by molar-refractivity contribution is 9.10. The van der Waals surface area contributed by atoms with Crippen molar-refractivity contribution in [1.29, 1.82) is 0 Å². The second-order valence-electron chi connectivity index (χ2n) is 7.10. The predicted molar refractivity (Wildman–Crippen MR) is 112 cm³/mol. The van der Waals surface area contributed by atoms with Crippen LogP contribution in [-0.2, 0) is 4.74 Å². The fourth-order valence-corrected chi connectivity index (χ4v) is 3.69. The zero-order chi connectivity index (χ0) is 21.5. The summed E-state index contributed by atoms with van der Waals surface area (Å²) in [5.74, 6) is -1.93. The van der Waals surface area contributed by atoms with Gasteiger partial charge >= 0.3 is 0 Å². The second kappa shape index (κ2) is 8.06. The molecule has 30 heavy (non-hydrogen) atoms. The first kappa shape index (κ1) is 20.9. The van der Waals surface area contributed by atoms with Gasteiger partial charge in [0.2, 0.25) is 5.79 Å². The van der Waals surface area contributed by atoms with Crippen LogP contribution in [0.25, 0.3) is 22.3 Å². The lowest BCUT2D eigenvalue weighted by atomic mass is 9.97. The molecule has 5 N–H and O–H groups in total. The molecule has 1 aliphatic rings. The van der Waals surface area contributed by atoms with Crippen molar-refractivity contribution in [2.75, 3.05) is 18.6 Å². The summed E-state index contributed by atoms with van der Waals surface area (Å²) in [6.45, 7) is -0.821. The Labute approximate surface area is 179 Å². The fourth-order valence-electron chi connectivity index (χ4n) is 3.32. The van der Waals surface area contributed by atoms with Crippen LogP contribution in [0.15, 0.2) is 57.8 Å². The van der Waals surface area contributed by atoms with Crippen molar-refractivity contribution in [1.82, 2.24) is 9.66 Å². The Balaban J connectivity index is 1.77. The molecule has 9 nitrogen and oxygen atoms in total. The minimum Gasteiger partial charge on any atom is -0.388 e. The van der Waals surface area contributed by atoms with Gasteiger partial charge < -0.3 is 30.6 Å². The van der Waals surface area contributed by atoms with E-state index >= 15 is 0 Å². The number of rotatable bonds is 4. The molecule has 0 bridgehead atoms. The maximum Gasteiger partial charge on any atom is 0.280 e. The molecular formula is C20H20BrN3O6. The van der Waals surface area contributed by atoms with E-state index in [9.17, 15) is 25.2 Å². The highest BCUT2D eigenvalue weighted by Gasteiger charge is 2.48. The van der Waals surface area contributed by atoms with E-state index < -0.39 is 36.2 Å². The lowest BCUT2D eigenvalue weighted by Gasteiger charge is -2.41. The summed E-state index contributed by atoms with van der Waals surface area (Å²) in [7, 11) is 0. The van der Waals surface area contributed by atoms with Crippen LogP contribution in [0, 0.1) is 0 Å². The van der Waals surface area contributed by atoms with Gasteiger partial charge in [0, 0.05) is 10.0 Å². The molecule has 1 fully saturated rings. The van der Waals surface area contributed by atoms with Crippen LogP contribution in [0.2, 0.25) is 0 Å². The number of nitrogens with zero attached hydrogens (tertiary/aromatic N) is 2. The number of benzene rings is 2. The van der Waals surface area contributed by atoms with Gasteiger partial charge in [-0.25, -0.2) is 9.66 Å². The van der Waals surface area contributed by atoms with E-state index in [1.54, 1.807) is 42.5 Å². The van der Waals surface area contributed by atoms with Crippen LogP contribution in [0.1, 0.15) is 0 Å². The number of halogens is 1. The number of hydrogen-bond donors (Lipinski definition) is 5. The molecule has 2 aromatic carbocycles. The Morgan fingerprint density at radius 2 is 1.93 bits per heavy atom. The van der Waals surface area contributed by atoms with E-state index in [-0.39, 0.29) is 6.61 Å². The Hall–Kier alpha value is -2.34. The van der Waals surface area contributed by atoms with E-state index in [0.717, 1.165) is 4.68 Å². The van der Waals surface area contributed by atoms with E-state index in [4.69, 9.17) is 4.74 Å². The number of aliphatic hydroxyl groups is 4. The normalized spacial score (nSPS) is 26.6. The van der Waals surface area contributed by atoms with Gasteiger partial charge in [-0.2, -0.15) is 0 Å². The van der Waals surface area contributed by atoms with Crippen LogP contribution in [0.4, 0.5) is 0 Å². The smallest absolute Gasteiger partial charge is 0.280 e. The fraction of sp³-hybridized carbons (Fsp3) is 0.300. The summed E-state index contributed by atoms with van der Waals surface area (Å²) in [6, 6.07) is 14.1. The van der Waals surface area contributed by atoms with Crippen molar-refractivity contribution in [2.24, 2.45) is 0 Å². The SMILES string of the molecule is O=c1c2cc(Br)ccc2nc(-c2ccccc2)n1NC[C@]1(O)OC[C@@H](O)[C@@H](O)[C@@H]1O. The van der Waals surface area contributed by atoms with Crippen molar-refractivity contribution >= 4 is 26.8 Å². The van der Waals surface area contributed by atoms with Gasteiger partial charge in [0.1, 0.15) is 18.3 Å². The molecule has 0 aliphatic carbocycles. The lowest BCUT2D eigenvalue weighted by Crippen LogP contribution is -2.64. The Morgan fingerprint density at radius 1 is 1.20 bits per heavy atom. The maximum absolute atomic E-state index is 13.2. The van der Waals surface area contributed by atoms with Crippen molar-refractivity contribution < 1.29 is 25.2 Å². The summed E-state index contributed by atoms with van der Waals surface area (Å²) in [5, 5.41) is 40.7. The van der Waals surface area contributed by atoms with Gasteiger partial charge in [-0.05, 0) is 18.2 Å². The first-order valence-corrected chi connectivity index (χ1v) is 10.0. The molecule has 0 unspecified atom stereocenters. The molecule has 0 amide bonds. The molecule has 1 aliphatic heterocycles. The molecule has 158 valence electrons. The van der Waals surface area contributed by atoms with Crippen molar-refractivity contribution in [3.05, 3.63) is 63.4 Å². The van der Waals surface area contributed by atoms with Crippen LogP contribution >= 0.6 is 15.9 Å². The number of fused-ring (bicyclic) bond motifs is 1. The zero-order valence-electron chi connectivity index (χ0n) is 15.6. The van der Waals surface area contributed by atoms with E-state index in [0.29, 0.717) is 26.8 Å². The summed E-state index contributed by atoms with van der Waals surface area (Å²) in [5.41, 5.74) is 3.49. The molecule has 2 heterocycles. The maximum atomic E-state index is 13.2. The molecule has 1 saturated heterocycles. The highest BCUT2D eigenvalue weighted by Crippen LogP contribution is 2.25. The molecule has 3 aromatic rings. The summed E-state index contributed by atoms with van der Waals surface area (Å²) >= 11 is 3.34. The molecule has 4 atom stereocenters. The zero-order valence-corrected chi connectivity index (χ0v) is 17.2. The minimum absolute atomic E-state index is 0.296. The molecule has 4 rings (SSSR count). The molecule has 0 radical (unpaired) electrons. The number of aromatic nitrogens is 2. The number of ether oxygens (including phenoxy) is 1. The van der Waals surface area contributed by atoms with Gasteiger partial charge in [0.05, 0.1) is 24.1 Å². The number of aliphatic hydroxyl groups excluding tert-OH is 3. The molecular weight excluding hydrogens is 458 g/mol. The Kier molecular flexibility index (Phi) is 5.62.